The van der Waals surface area contributed by atoms with Crippen molar-refractivity contribution in [2.45, 2.75) is 45.3 Å². The summed E-state index contributed by atoms with van der Waals surface area (Å²) in [5.74, 6) is 0.503. The average molecular weight is 328 g/mol. The minimum Gasteiger partial charge on any atom is -0.291 e. The Morgan fingerprint density at radius 2 is 1.76 bits per heavy atom. The molecule has 2 rings (SSSR count). The Morgan fingerprint density at radius 3 is 2.29 bits per heavy atom. The zero-order valence-corrected chi connectivity index (χ0v) is 14.2. The molecule has 1 heterocycles. The zero-order chi connectivity index (χ0) is 16.0. The molecule has 21 heavy (non-hydrogen) atoms. The summed E-state index contributed by atoms with van der Waals surface area (Å²) in [6, 6.07) is 5.81. The maximum Gasteiger partial charge on any atom is 0.296 e. The smallest absolute Gasteiger partial charge is 0.291 e. The van der Waals surface area contributed by atoms with Crippen LogP contribution in [-0.2, 0) is 14.6 Å². The van der Waals surface area contributed by atoms with E-state index in [-0.39, 0.29) is 5.16 Å². The molecule has 0 radical (unpaired) electrons. The standard InChI is InChI=1S/C14H18ClN3O2S/c1-9-7-6-8-11(10(9)2)12-16-17-13(21(15,19)20)18(12)14(3,4)5/h6-8H,1-5H3. The highest BCUT2D eigenvalue weighted by Gasteiger charge is 2.30. The SMILES string of the molecule is Cc1cccc(-c2nnc(S(=O)(=O)Cl)n2C(C)(C)C)c1C. The zero-order valence-electron chi connectivity index (χ0n) is 12.7. The molecule has 114 valence electrons. The van der Waals surface area contributed by atoms with Gasteiger partial charge in [0.05, 0.1) is 0 Å². The lowest BCUT2D eigenvalue weighted by Gasteiger charge is -2.24. The number of aromatic nitrogens is 3. The molecule has 0 aliphatic heterocycles. The summed E-state index contributed by atoms with van der Waals surface area (Å²) in [7, 11) is 1.53. The molecule has 0 atom stereocenters. The van der Waals surface area contributed by atoms with Crippen LogP contribution in [0.1, 0.15) is 31.9 Å². The van der Waals surface area contributed by atoms with Gasteiger partial charge in [0, 0.05) is 21.8 Å². The van der Waals surface area contributed by atoms with Gasteiger partial charge in [-0.05, 0) is 45.7 Å². The van der Waals surface area contributed by atoms with Crippen molar-refractivity contribution in [1.82, 2.24) is 14.8 Å². The van der Waals surface area contributed by atoms with Crippen LogP contribution < -0.4 is 0 Å². The van der Waals surface area contributed by atoms with Crippen LogP contribution in [0.2, 0.25) is 0 Å². The van der Waals surface area contributed by atoms with Crippen LogP contribution in [0.15, 0.2) is 23.4 Å². The molecule has 0 saturated carbocycles. The van der Waals surface area contributed by atoms with E-state index in [2.05, 4.69) is 10.2 Å². The van der Waals surface area contributed by atoms with Crippen LogP contribution in [0.5, 0.6) is 0 Å². The van der Waals surface area contributed by atoms with Crippen LogP contribution in [0.4, 0.5) is 0 Å². The molecular formula is C14H18ClN3O2S. The number of halogens is 1. The second-order valence-electron chi connectivity index (χ2n) is 6.00. The molecule has 0 aliphatic carbocycles. The summed E-state index contributed by atoms with van der Waals surface area (Å²) in [5, 5.41) is 7.64. The maximum atomic E-state index is 11.7. The number of rotatable bonds is 2. The van der Waals surface area contributed by atoms with Gasteiger partial charge in [-0.3, -0.25) is 4.57 Å². The van der Waals surface area contributed by atoms with E-state index in [0.29, 0.717) is 5.82 Å². The molecule has 0 unspecified atom stereocenters. The van der Waals surface area contributed by atoms with Gasteiger partial charge in [0.2, 0.25) is 0 Å². The fraction of sp³-hybridized carbons (Fsp3) is 0.429. The third-order valence-electron chi connectivity index (χ3n) is 3.37. The van der Waals surface area contributed by atoms with Gasteiger partial charge in [-0.15, -0.1) is 10.2 Å². The first-order valence-corrected chi connectivity index (χ1v) is 8.81. The lowest BCUT2D eigenvalue weighted by atomic mass is 10.0. The topological polar surface area (TPSA) is 64.8 Å². The van der Waals surface area contributed by atoms with Crippen molar-refractivity contribution in [3.05, 3.63) is 29.3 Å². The number of hydrogen-bond donors (Lipinski definition) is 0. The molecule has 0 bridgehead atoms. The highest BCUT2D eigenvalue weighted by molar-refractivity contribution is 8.13. The molecular weight excluding hydrogens is 310 g/mol. The molecule has 0 fully saturated rings. The fourth-order valence-electron chi connectivity index (χ4n) is 2.20. The predicted molar refractivity (Wildman–Crippen MR) is 83.0 cm³/mol. The third kappa shape index (κ3) is 2.96. The van der Waals surface area contributed by atoms with E-state index >= 15 is 0 Å². The van der Waals surface area contributed by atoms with Crippen molar-refractivity contribution in [3.8, 4) is 11.4 Å². The van der Waals surface area contributed by atoms with Crippen molar-refractivity contribution in [2.24, 2.45) is 0 Å². The fourth-order valence-corrected chi connectivity index (χ4v) is 3.22. The van der Waals surface area contributed by atoms with E-state index in [4.69, 9.17) is 10.7 Å². The number of hydrogen-bond acceptors (Lipinski definition) is 4. The van der Waals surface area contributed by atoms with Crippen LogP contribution in [0, 0.1) is 13.8 Å². The van der Waals surface area contributed by atoms with Crippen LogP contribution >= 0.6 is 10.7 Å². The normalized spacial score (nSPS) is 12.7. The van der Waals surface area contributed by atoms with E-state index in [9.17, 15) is 8.42 Å². The quantitative estimate of drug-likeness (QED) is 0.794. The lowest BCUT2D eigenvalue weighted by Crippen LogP contribution is -2.26. The largest absolute Gasteiger partial charge is 0.296 e. The minimum atomic E-state index is -3.97. The van der Waals surface area contributed by atoms with Gasteiger partial charge >= 0.3 is 0 Å². The monoisotopic (exact) mass is 327 g/mol. The first-order chi connectivity index (χ1) is 9.53. The highest BCUT2D eigenvalue weighted by atomic mass is 35.7. The average Bonchev–Trinajstić information content (AvgIpc) is 2.76. The Kier molecular flexibility index (Phi) is 3.88. The molecule has 0 spiro atoms. The first-order valence-electron chi connectivity index (χ1n) is 6.50. The van der Waals surface area contributed by atoms with Gasteiger partial charge in [-0.25, -0.2) is 8.42 Å². The number of benzene rings is 1. The third-order valence-corrected chi connectivity index (χ3v) is 4.48. The Balaban J connectivity index is 2.83. The lowest BCUT2D eigenvalue weighted by molar-refractivity contribution is 0.367. The summed E-state index contributed by atoms with van der Waals surface area (Å²) < 4.78 is 25.0. The highest BCUT2D eigenvalue weighted by Crippen LogP contribution is 2.31. The summed E-state index contributed by atoms with van der Waals surface area (Å²) in [5.41, 5.74) is 2.47. The van der Waals surface area contributed by atoms with E-state index in [1.807, 2.05) is 52.8 Å². The second kappa shape index (κ2) is 5.10. The Bertz CT molecular complexity index is 789. The molecule has 1 aromatic heterocycles. The summed E-state index contributed by atoms with van der Waals surface area (Å²) in [6.45, 7) is 9.63. The van der Waals surface area contributed by atoms with Crippen molar-refractivity contribution in [1.29, 1.82) is 0 Å². The van der Waals surface area contributed by atoms with Gasteiger partial charge in [0.25, 0.3) is 14.2 Å². The van der Waals surface area contributed by atoms with Gasteiger partial charge in [0.15, 0.2) is 5.82 Å². The molecule has 0 amide bonds. The second-order valence-corrected chi connectivity index (χ2v) is 8.46. The predicted octanol–water partition coefficient (Wildman–Crippen LogP) is 3.24. The Morgan fingerprint density at radius 1 is 1.14 bits per heavy atom. The molecule has 0 saturated heterocycles. The van der Waals surface area contributed by atoms with E-state index in [1.54, 1.807) is 4.57 Å². The van der Waals surface area contributed by atoms with E-state index < -0.39 is 14.6 Å². The molecule has 0 aliphatic rings. The van der Waals surface area contributed by atoms with E-state index in [1.165, 1.54) is 0 Å². The van der Waals surface area contributed by atoms with Crippen LogP contribution in [0.25, 0.3) is 11.4 Å². The summed E-state index contributed by atoms with van der Waals surface area (Å²) in [6.07, 6.45) is 0. The van der Waals surface area contributed by atoms with Gasteiger partial charge in [-0.2, -0.15) is 0 Å². The summed E-state index contributed by atoms with van der Waals surface area (Å²) >= 11 is 0. The molecule has 5 nitrogen and oxygen atoms in total. The van der Waals surface area contributed by atoms with Crippen molar-refractivity contribution >= 4 is 19.7 Å². The summed E-state index contributed by atoms with van der Waals surface area (Å²) in [4.78, 5) is 0. The number of nitrogens with zero attached hydrogens (tertiary/aromatic N) is 3. The van der Waals surface area contributed by atoms with Crippen molar-refractivity contribution in [3.63, 3.8) is 0 Å². The van der Waals surface area contributed by atoms with Crippen molar-refractivity contribution < 1.29 is 8.42 Å². The number of aryl methyl sites for hydroxylation is 1. The molecule has 7 heteroatoms. The van der Waals surface area contributed by atoms with Crippen LogP contribution in [0.3, 0.4) is 0 Å². The Hall–Kier alpha value is -1.40. The van der Waals surface area contributed by atoms with Gasteiger partial charge in [-0.1, -0.05) is 18.2 Å². The van der Waals surface area contributed by atoms with Gasteiger partial charge in [0.1, 0.15) is 0 Å². The molecule has 2 aromatic rings. The Labute approximate surface area is 129 Å². The molecule has 0 N–H and O–H groups in total. The van der Waals surface area contributed by atoms with Crippen LogP contribution in [-0.4, -0.2) is 23.2 Å². The molecule has 1 aromatic carbocycles. The van der Waals surface area contributed by atoms with Crippen molar-refractivity contribution in [2.75, 3.05) is 0 Å². The maximum absolute atomic E-state index is 11.7. The minimum absolute atomic E-state index is 0.229. The van der Waals surface area contributed by atoms with E-state index in [0.717, 1.165) is 16.7 Å². The van der Waals surface area contributed by atoms with Gasteiger partial charge < -0.3 is 0 Å². The first kappa shape index (κ1) is 16.0.